The molecule has 2 aromatic carbocycles. The first-order valence-electron chi connectivity index (χ1n) is 20.7. The van der Waals surface area contributed by atoms with Crippen LogP contribution in [-0.2, 0) is 6.42 Å². The summed E-state index contributed by atoms with van der Waals surface area (Å²) >= 11 is 0. The second kappa shape index (κ2) is 14.4. The Morgan fingerprint density at radius 3 is 2.35 bits per heavy atom. The molecule has 0 spiro atoms. The summed E-state index contributed by atoms with van der Waals surface area (Å²) in [5, 5.41) is 26.1. The molecule has 8 nitrogen and oxygen atoms in total. The molecule has 0 amide bonds. The number of aromatic nitrogens is 3. The van der Waals surface area contributed by atoms with Crippen LogP contribution in [-0.4, -0.2) is 78.1 Å². The fourth-order valence-corrected chi connectivity index (χ4v) is 10.7. The van der Waals surface area contributed by atoms with Crippen LogP contribution in [0.4, 0.5) is 14.6 Å². The standard InChI is InChI=1S/C47H56F2N6O2/c1-8-34-37(48)15-14-33-24-31(3)25-35(39(33)34)41-40(49)42-36(27-50-41)43(52-38(51-42)16-19-45-17-10-22-54(45)23-11-18-45)53-28-46(56)20-21-47(57,29-53)55(46)32(4)13-9-12-30(2)26-44(5,6)7/h1,14-15,24-25,27,56-57H,2,4,9-13,16-23,26,28-29H2,3,5-7H3. The number of fused-ring (bicyclic) bond motifs is 5. The molecule has 8 rings (SSSR count). The fourth-order valence-electron chi connectivity index (χ4n) is 10.7. The lowest BCUT2D eigenvalue weighted by Crippen LogP contribution is -2.67. The maximum absolute atomic E-state index is 17.3. The van der Waals surface area contributed by atoms with E-state index in [1.807, 2.05) is 17.9 Å². The maximum atomic E-state index is 17.3. The Balaban J connectivity index is 1.17. The summed E-state index contributed by atoms with van der Waals surface area (Å²) in [4.78, 5) is 20.9. The minimum atomic E-state index is -1.42. The van der Waals surface area contributed by atoms with Crippen molar-refractivity contribution in [3.63, 3.8) is 0 Å². The number of rotatable bonds is 11. The van der Waals surface area contributed by atoms with Crippen LogP contribution >= 0.6 is 0 Å². The van der Waals surface area contributed by atoms with Crippen LogP contribution in [0.2, 0.25) is 0 Å². The SMILES string of the molecule is C#Cc1c(F)ccc2cc(C)cc(-c3ncc4c(N5CC6(O)CCC(O)(C5)N6C(=C)CCCC(=C)CC(C)(C)C)nc(CCC56CCCN5CCC6)nc4c3F)c12. The van der Waals surface area contributed by atoms with Gasteiger partial charge in [-0.05, 0) is 106 Å². The molecule has 300 valence electrons. The summed E-state index contributed by atoms with van der Waals surface area (Å²) in [6, 6.07) is 6.66. The maximum Gasteiger partial charge on any atom is 0.175 e. The molecule has 4 aliphatic heterocycles. The molecular weight excluding hydrogens is 719 g/mol. The monoisotopic (exact) mass is 774 g/mol. The Kier molecular flexibility index (Phi) is 9.98. The number of hydrogen-bond acceptors (Lipinski definition) is 8. The first-order chi connectivity index (χ1) is 27.0. The number of hydrogen-bond donors (Lipinski definition) is 2. The molecule has 0 saturated carbocycles. The molecule has 6 heterocycles. The number of piperazine rings is 1. The van der Waals surface area contributed by atoms with Crippen LogP contribution in [0, 0.1) is 36.3 Å². The third-order valence-corrected chi connectivity index (χ3v) is 13.0. The van der Waals surface area contributed by atoms with Gasteiger partial charge in [0.2, 0.25) is 0 Å². The second-order valence-electron chi connectivity index (χ2n) is 18.6. The first-order valence-corrected chi connectivity index (χ1v) is 20.7. The highest BCUT2D eigenvalue weighted by Gasteiger charge is 2.59. The highest BCUT2D eigenvalue weighted by atomic mass is 19.1. The van der Waals surface area contributed by atoms with E-state index in [0.29, 0.717) is 64.7 Å². The summed E-state index contributed by atoms with van der Waals surface area (Å²) in [7, 11) is 0. The van der Waals surface area contributed by atoms with Gasteiger partial charge in [0, 0.05) is 47.6 Å². The third-order valence-electron chi connectivity index (χ3n) is 13.0. The van der Waals surface area contributed by atoms with E-state index in [-0.39, 0.29) is 40.8 Å². The zero-order valence-corrected chi connectivity index (χ0v) is 34.0. The molecular formula is C47H56F2N6O2. The van der Waals surface area contributed by atoms with Crippen LogP contribution < -0.4 is 4.90 Å². The minimum Gasteiger partial charge on any atom is -0.369 e. The van der Waals surface area contributed by atoms with Crippen molar-refractivity contribution in [2.45, 2.75) is 122 Å². The van der Waals surface area contributed by atoms with E-state index in [0.717, 1.165) is 70.0 Å². The molecule has 4 aliphatic rings. The average molecular weight is 775 g/mol. The van der Waals surface area contributed by atoms with Gasteiger partial charge in [-0.3, -0.25) is 9.88 Å². The molecule has 2 bridgehead atoms. The van der Waals surface area contributed by atoms with Crippen LogP contribution in [0.5, 0.6) is 0 Å². The quantitative estimate of drug-likeness (QED) is 0.115. The molecule has 10 heteroatoms. The minimum absolute atomic E-state index is 0.0221. The van der Waals surface area contributed by atoms with E-state index in [9.17, 15) is 10.2 Å². The van der Waals surface area contributed by atoms with E-state index in [2.05, 4.69) is 49.7 Å². The topological polar surface area (TPSA) is 88.8 Å². The van der Waals surface area contributed by atoms with Crippen LogP contribution in [0.25, 0.3) is 32.9 Å². The Labute approximate surface area is 335 Å². The molecule has 0 radical (unpaired) electrons. The Hall–Kier alpha value is -4.43. The zero-order chi connectivity index (χ0) is 40.5. The first kappa shape index (κ1) is 39.4. The smallest absolute Gasteiger partial charge is 0.175 e. The highest BCUT2D eigenvalue weighted by Crippen LogP contribution is 2.48. The van der Waals surface area contributed by atoms with Gasteiger partial charge in [0.25, 0.3) is 0 Å². The number of anilines is 1. The summed E-state index contributed by atoms with van der Waals surface area (Å²) in [6.07, 6.45) is 17.3. The molecule has 2 N–H and O–H groups in total. The van der Waals surface area contributed by atoms with Gasteiger partial charge in [-0.15, -0.1) is 6.42 Å². The molecule has 2 aromatic heterocycles. The highest BCUT2D eigenvalue weighted by molar-refractivity contribution is 6.02. The molecule has 2 atom stereocenters. The summed E-state index contributed by atoms with van der Waals surface area (Å²) < 4.78 is 32.4. The van der Waals surface area contributed by atoms with Crippen molar-refractivity contribution in [3.05, 3.63) is 83.5 Å². The third kappa shape index (κ3) is 7.10. The van der Waals surface area contributed by atoms with Crippen molar-refractivity contribution in [1.29, 1.82) is 0 Å². The average Bonchev–Trinajstić information content (AvgIpc) is 3.77. The molecule has 0 aliphatic carbocycles. The van der Waals surface area contributed by atoms with Gasteiger partial charge < -0.3 is 20.0 Å². The van der Waals surface area contributed by atoms with Gasteiger partial charge >= 0.3 is 0 Å². The van der Waals surface area contributed by atoms with Crippen molar-refractivity contribution in [2.24, 2.45) is 5.41 Å². The normalized spacial score (nSPS) is 23.1. The van der Waals surface area contributed by atoms with Gasteiger partial charge in [0.05, 0.1) is 24.0 Å². The Morgan fingerprint density at radius 2 is 1.68 bits per heavy atom. The molecule has 4 aromatic rings. The van der Waals surface area contributed by atoms with Crippen molar-refractivity contribution >= 4 is 27.5 Å². The molecule has 4 saturated heterocycles. The van der Waals surface area contributed by atoms with E-state index >= 15 is 8.78 Å². The summed E-state index contributed by atoms with van der Waals surface area (Å²) in [5.74, 6) is 2.19. The Bertz CT molecular complexity index is 2300. The van der Waals surface area contributed by atoms with E-state index in [1.165, 1.54) is 11.6 Å². The number of β-amino-alcohol motifs (C(OH)–C–C–N with tert-alkyl or cyclic N) is 2. The number of halogens is 2. The lowest BCUT2D eigenvalue weighted by Gasteiger charge is -2.52. The van der Waals surface area contributed by atoms with Crippen molar-refractivity contribution in [1.82, 2.24) is 24.8 Å². The van der Waals surface area contributed by atoms with Crippen molar-refractivity contribution < 1.29 is 19.0 Å². The number of nitrogens with zero attached hydrogens (tertiary/aromatic N) is 6. The summed E-state index contributed by atoms with van der Waals surface area (Å²) in [6.45, 7) is 19.6. The number of terminal acetylenes is 1. The number of benzene rings is 2. The summed E-state index contributed by atoms with van der Waals surface area (Å²) in [5.41, 5.74) is 0.704. The number of aryl methyl sites for hydroxylation is 2. The van der Waals surface area contributed by atoms with Gasteiger partial charge in [-0.2, -0.15) is 0 Å². The van der Waals surface area contributed by atoms with Crippen molar-refractivity contribution in [3.8, 4) is 23.6 Å². The number of aliphatic hydroxyl groups is 2. The second-order valence-corrected chi connectivity index (χ2v) is 18.6. The zero-order valence-electron chi connectivity index (χ0n) is 34.0. The van der Waals surface area contributed by atoms with Crippen LogP contribution in [0.15, 0.2) is 54.9 Å². The van der Waals surface area contributed by atoms with E-state index in [4.69, 9.17) is 16.4 Å². The fraction of sp³-hybridized carbons (Fsp3) is 0.511. The lowest BCUT2D eigenvalue weighted by atomic mass is 9.87. The number of pyridine rings is 1. The predicted molar refractivity (Wildman–Crippen MR) is 223 cm³/mol. The molecule has 2 unspecified atom stereocenters. The van der Waals surface area contributed by atoms with Gasteiger partial charge in [-0.25, -0.2) is 18.7 Å². The van der Waals surface area contributed by atoms with E-state index < -0.39 is 23.1 Å². The van der Waals surface area contributed by atoms with Gasteiger partial charge in [0.15, 0.2) is 17.3 Å². The predicted octanol–water partition coefficient (Wildman–Crippen LogP) is 8.94. The Morgan fingerprint density at radius 1 is 0.982 bits per heavy atom. The largest absolute Gasteiger partial charge is 0.369 e. The van der Waals surface area contributed by atoms with Gasteiger partial charge in [0.1, 0.15) is 28.7 Å². The molecule has 57 heavy (non-hydrogen) atoms. The van der Waals surface area contributed by atoms with Crippen molar-refractivity contribution in [2.75, 3.05) is 31.1 Å². The molecule has 4 fully saturated rings. The van der Waals surface area contributed by atoms with Gasteiger partial charge in [-0.1, -0.05) is 57.6 Å². The number of allylic oxidation sites excluding steroid dienone is 2. The lowest BCUT2D eigenvalue weighted by molar-refractivity contribution is -0.175. The van der Waals surface area contributed by atoms with E-state index in [1.54, 1.807) is 23.2 Å². The van der Waals surface area contributed by atoms with Crippen LogP contribution in [0.3, 0.4) is 0 Å². The van der Waals surface area contributed by atoms with Crippen LogP contribution in [0.1, 0.15) is 108 Å².